The Balaban J connectivity index is 1.75. The second kappa shape index (κ2) is 9.51. The molecule has 6 nitrogen and oxygen atoms in total. The molecule has 0 aromatic heterocycles. The lowest BCUT2D eigenvalue weighted by Gasteiger charge is -2.09. The fourth-order valence-corrected chi connectivity index (χ4v) is 3.21. The van der Waals surface area contributed by atoms with E-state index in [1.165, 1.54) is 12.1 Å². The SMILES string of the molecule is N#C/C(=C/c1ccc(OCc2ccc([N+](=O)[O-])cc2)c(Br)c1)c1cccc(C#N)c1. The van der Waals surface area contributed by atoms with Gasteiger partial charge in [-0.1, -0.05) is 18.2 Å². The average Bonchev–Trinajstić information content (AvgIpc) is 2.77. The molecule has 0 aliphatic carbocycles. The average molecular weight is 460 g/mol. The van der Waals surface area contributed by atoms with Crippen LogP contribution in [0, 0.1) is 32.8 Å². The van der Waals surface area contributed by atoms with Gasteiger partial charge in [0, 0.05) is 12.1 Å². The molecule has 0 fully saturated rings. The number of halogens is 1. The van der Waals surface area contributed by atoms with Gasteiger partial charge in [0.2, 0.25) is 0 Å². The monoisotopic (exact) mass is 459 g/mol. The van der Waals surface area contributed by atoms with Crippen LogP contribution in [0.1, 0.15) is 22.3 Å². The minimum absolute atomic E-state index is 0.0321. The quantitative estimate of drug-likeness (QED) is 0.198. The molecule has 0 radical (unpaired) electrons. The molecule has 0 aliphatic heterocycles. The smallest absolute Gasteiger partial charge is 0.269 e. The van der Waals surface area contributed by atoms with Gasteiger partial charge in [-0.3, -0.25) is 10.1 Å². The number of rotatable bonds is 6. The lowest BCUT2D eigenvalue weighted by molar-refractivity contribution is -0.384. The molecule has 0 saturated carbocycles. The molecular formula is C23H14BrN3O3. The van der Waals surface area contributed by atoms with Crippen molar-refractivity contribution >= 4 is 33.3 Å². The Morgan fingerprint density at radius 3 is 2.50 bits per heavy atom. The van der Waals surface area contributed by atoms with Crippen LogP contribution in [-0.4, -0.2) is 4.92 Å². The van der Waals surface area contributed by atoms with Gasteiger partial charge >= 0.3 is 0 Å². The highest BCUT2D eigenvalue weighted by molar-refractivity contribution is 9.10. The third-order valence-corrected chi connectivity index (χ3v) is 4.85. The Morgan fingerprint density at radius 1 is 1.10 bits per heavy atom. The van der Waals surface area contributed by atoms with Crippen LogP contribution in [-0.2, 0) is 6.61 Å². The van der Waals surface area contributed by atoms with E-state index < -0.39 is 4.92 Å². The molecule has 7 heteroatoms. The van der Waals surface area contributed by atoms with Crippen molar-refractivity contribution in [2.24, 2.45) is 0 Å². The van der Waals surface area contributed by atoms with Gasteiger partial charge in [-0.15, -0.1) is 0 Å². The van der Waals surface area contributed by atoms with Gasteiger partial charge in [0.05, 0.1) is 32.7 Å². The summed E-state index contributed by atoms with van der Waals surface area (Å²) in [6, 6.07) is 22.7. The number of nitro benzene ring substituents is 1. The largest absolute Gasteiger partial charge is 0.488 e. The summed E-state index contributed by atoms with van der Waals surface area (Å²) < 4.78 is 6.50. The third-order valence-electron chi connectivity index (χ3n) is 4.23. The molecule has 0 amide bonds. The fraction of sp³-hybridized carbons (Fsp3) is 0.0435. The van der Waals surface area contributed by atoms with Crippen molar-refractivity contribution in [2.45, 2.75) is 6.61 Å². The predicted molar refractivity (Wildman–Crippen MR) is 116 cm³/mol. The van der Waals surface area contributed by atoms with Crippen molar-refractivity contribution in [3.05, 3.63) is 104 Å². The first-order valence-electron chi connectivity index (χ1n) is 8.78. The number of non-ortho nitro benzene ring substituents is 1. The summed E-state index contributed by atoms with van der Waals surface area (Å²) in [7, 11) is 0. The van der Waals surface area contributed by atoms with Crippen LogP contribution in [0.25, 0.3) is 11.6 Å². The highest BCUT2D eigenvalue weighted by atomic mass is 79.9. The lowest BCUT2D eigenvalue weighted by atomic mass is 10.0. The van der Waals surface area contributed by atoms with Crippen LogP contribution < -0.4 is 4.74 Å². The summed E-state index contributed by atoms with van der Waals surface area (Å²) in [5.41, 5.74) is 3.24. The van der Waals surface area contributed by atoms with E-state index in [0.717, 1.165) is 11.1 Å². The van der Waals surface area contributed by atoms with Crippen LogP contribution in [0.2, 0.25) is 0 Å². The summed E-state index contributed by atoms with van der Waals surface area (Å²) in [6.45, 7) is 0.260. The lowest BCUT2D eigenvalue weighted by Crippen LogP contribution is -1.97. The first-order valence-corrected chi connectivity index (χ1v) is 9.57. The van der Waals surface area contributed by atoms with Crippen molar-refractivity contribution in [1.82, 2.24) is 0 Å². The zero-order valence-corrected chi connectivity index (χ0v) is 17.2. The molecule has 0 heterocycles. The first-order chi connectivity index (χ1) is 14.5. The van der Waals surface area contributed by atoms with E-state index in [-0.39, 0.29) is 12.3 Å². The van der Waals surface area contributed by atoms with Crippen LogP contribution in [0.15, 0.2) is 71.2 Å². The maximum absolute atomic E-state index is 10.7. The van der Waals surface area contributed by atoms with Gasteiger partial charge in [-0.2, -0.15) is 10.5 Å². The Morgan fingerprint density at radius 2 is 1.87 bits per heavy atom. The summed E-state index contributed by atoms with van der Waals surface area (Å²) in [5.74, 6) is 0.607. The van der Waals surface area contributed by atoms with E-state index >= 15 is 0 Å². The number of hydrogen-bond donors (Lipinski definition) is 0. The Kier molecular flexibility index (Phi) is 6.59. The maximum atomic E-state index is 10.7. The van der Waals surface area contributed by atoms with E-state index in [4.69, 9.17) is 10.00 Å². The van der Waals surface area contributed by atoms with E-state index in [1.807, 2.05) is 12.1 Å². The van der Waals surface area contributed by atoms with Crippen molar-refractivity contribution in [3.8, 4) is 17.9 Å². The van der Waals surface area contributed by atoms with Crippen molar-refractivity contribution in [2.75, 3.05) is 0 Å². The Labute approximate surface area is 181 Å². The van der Waals surface area contributed by atoms with Gasteiger partial charge < -0.3 is 4.74 Å². The zero-order valence-electron chi connectivity index (χ0n) is 15.6. The van der Waals surface area contributed by atoms with Crippen LogP contribution >= 0.6 is 15.9 Å². The molecule has 0 aliphatic rings. The molecule has 0 bridgehead atoms. The van der Waals surface area contributed by atoms with Crippen LogP contribution in [0.5, 0.6) is 5.75 Å². The molecule has 0 spiro atoms. The minimum atomic E-state index is -0.445. The Hall–Kier alpha value is -3.94. The zero-order chi connectivity index (χ0) is 21.5. The van der Waals surface area contributed by atoms with Crippen LogP contribution in [0.4, 0.5) is 5.69 Å². The van der Waals surface area contributed by atoms with Crippen molar-refractivity contribution < 1.29 is 9.66 Å². The summed E-state index contributed by atoms with van der Waals surface area (Å²) in [5, 5.41) is 29.3. The topological polar surface area (TPSA) is 99.9 Å². The Bertz CT molecular complexity index is 1210. The maximum Gasteiger partial charge on any atom is 0.269 e. The minimum Gasteiger partial charge on any atom is -0.488 e. The number of benzene rings is 3. The van der Waals surface area contributed by atoms with E-state index in [0.29, 0.717) is 26.9 Å². The summed E-state index contributed by atoms with van der Waals surface area (Å²) >= 11 is 3.47. The molecule has 146 valence electrons. The molecule has 30 heavy (non-hydrogen) atoms. The number of nitriles is 2. The van der Waals surface area contributed by atoms with Gasteiger partial charge in [-0.05, 0) is 75.1 Å². The second-order valence-electron chi connectivity index (χ2n) is 6.26. The molecule has 0 unspecified atom stereocenters. The molecule has 3 aromatic carbocycles. The summed E-state index contributed by atoms with van der Waals surface area (Å²) in [4.78, 5) is 10.3. The van der Waals surface area contributed by atoms with Gasteiger partial charge in [0.25, 0.3) is 5.69 Å². The van der Waals surface area contributed by atoms with Crippen molar-refractivity contribution in [3.63, 3.8) is 0 Å². The second-order valence-corrected chi connectivity index (χ2v) is 7.12. The normalized spacial score (nSPS) is 10.7. The van der Waals surface area contributed by atoms with Gasteiger partial charge in [-0.25, -0.2) is 0 Å². The fourth-order valence-electron chi connectivity index (χ4n) is 2.70. The molecule has 0 atom stereocenters. The molecule has 3 rings (SSSR count). The number of ether oxygens (including phenoxy) is 1. The number of nitrogens with zero attached hydrogens (tertiary/aromatic N) is 3. The van der Waals surface area contributed by atoms with Gasteiger partial charge in [0.1, 0.15) is 12.4 Å². The van der Waals surface area contributed by atoms with E-state index in [2.05, 4.69) is 28.1 Å². The van der Waals surface area contributed by atoms with E-state index in [9.17, 15) is 15.4 Å². The molecular weight excluding hydrogens is 446 g/mol. The number of hydrogen-bond acceptors (Lipinski definition) is 5. The predicted octanol–water partition coefficient (Wildman–Crippen LogP) is 5.87. The highest BCUT2D eigenvalue weighted by Gasteiger charge is 2.07. The number of nitro groups is 1. The summed E-state index contributed by atoms with van der Waals surface area (Å²) in [6.07, 6.45) is 1.74. The molecule has 3 aromatic rings. The highest BCUT2D eigenvalue weighted by Crippen LogP contribution is 2.29. The number of allylic oxidation sites excluding steroid dienone is 1. The van der Waals surface area contributed by atoms with Crippen LogP contribution in [0.3, 0.4) is 0 Å². The molecule has 0 saturated heterocycles. The first kappa shape index (κ1) is 20.8. The van der Waals surface area contributed by atoms with Crippen molar-refractivity contribution in [1.29, 1.82) is 10.5 Å². The third kappa shape index (κ3) is 5.11. The van der Waals surface area contributed by atoms with Gasteiger partial charge in [0.15, 0.2) is 0 Å². The molecule has 0 N–H and O–H groups in total. The van der Waals surface area contributed by atoms with E-state index in [1.54, 1.807) is 48.5 Å². The standard InChI is InChI=1S/C23H14BrN3O3/c24-22-12-17(10-20(14-26)19-3-1-2-18(11-19)13-25)6-9-23(22)30-15-16-4-7-21(8-5-16)27(28)29/h1-12H,15H2/b20-10-.